The first-order chi connectivity index (χ1) is 12.3. The van der Waals surface area contributed by atoms with Crippen LogP contribution < -0.4 is 16.4 Å². The minimum Gasteiger partial charge on any atom is -0.379 e. The zero-order valence-electron chi connectivity index (χ0n) is 14.2. The molecule has 3 aromatic rings. The molecule has 9 nitrogen and oxygen atoms in total. The predicted molar refractivity (Wildman–Crippen MR) is 93.6 cm³/mol. The lowest BCUT2D eigenvalue weighted by atomic mass is 10.2. The molecule has 0 aromatic carbocycles. The zero-order valence-corrected chi connectivity index (χ0v) is 14.2. The van der Waals surface area contributed by atoms with E-state index in [0.717, 1.165) is 42.8 Å². The molecule has 4 heterocycles. The first kappa shape index (κ1) is 16.0. The van der Waals surface area contributed by atoms with Gasteiger partial charge < -0.3 is 20.9 Å². The van der Waals surface area contributed by atoms with Gasteiger partial charge in [-0.05, 0) is 36.6 Å². The lowest BCUT2D eigenvalue weighted by Crippen LogP contribution is -2.33. The van der Waals surface area contributed by atoms with Crippen molar-refractivity contribution < 1.29 is 4.63 Å². The molecule has 4 rings (SSSR count). The van der Waals surface area contributed by atoms with Gasteiger partial charge in [0.1, 0.15) is 5.52 Å². The van der Waals surface area contributed by atoms with E-state index < -0.39 is 0 Å². The maximum absolute atomic E-state index is 5.85. The van der Waals surface area contributed by atoms with Crippen molar-refractivity contribution in [3.8, 4) is 11.5 Å². The summed E-state index contributed by atoms with van der Waals surface area (Å²) in [7, 11) is 0. The van der Waals surface area contributed by atoms with E-state index in [2.05, 4.69) is 42.4 Å². The minimum absolute atomic E-state index is 0.241. The standard InChI is InChI=1S/C16H22N8O/c1-2-24-14-10(6-18-8-11-4-3-5-20-11)7-19-9-12(14)21-16(24)13-15(17)23-25-22-13/h7,9,11,18,20H,2-6,8H2,1H3,(H2,17,23)/t11-/m0/s1. The van der Waals surface area contributed by atoms with Crippen LogP contribution in [-0.4, -0.2) is 44.0 Å². The number of aromatic nitrogens is 5. The third-order valence-electron chi connectivity index (χ3n) is 4.64. The highest BCUT2D eigenvalue weighted by molar-refractivity contribution is 5.83. The van der Waals surface area contributed by atoms with Crippen molar-refractivity contribution in [3.05, 3.63) is 18.0 Å². The van der Waals surface area contributed by atoms with Gasteiger partial charge in [-0.25, -0.2) is 9.61 Å². The quantitative estimate of drug-likeness (QED) is 0.605. The Morgan fingerprint density at radius 2 is 2.32 bits per heavy atom. The lowest BCUT2D eigenvalue weighted by Gasteiger charge is -2.13. The fourth-order valence-electron chi connectivity index (χ4n) is 3.44. The molecule has 0 unspecified atom stereocenters. The molecule has 0 bridgehead atoms. The number of nitrogens with two attached hydrogens (primary N) is 1. The molecule has 132 valence electrons. The summed E-state index contributed by atoms with van der Waals surface area (Å²) in [5.74, 6) is 0.896. The van der Waals surface area contributed by atoms with Crippen LogP contribution in [0.5, 0.6) is 0 Å². The van der Waals surface area contributed by atoms with Gasteiger partial charge in [0.15, 0.2) is 17.3 Å². The Bertz CT molecular complexity index is 864. The fraction of sp³-hybridized carbons (Fsp3) is 0.500. The summed E-state index contributed by atoms with van der Waals surface area (Å²) in [6.07, 6.45) is 6.13. The fourth-order valence-corrected chi connectivity index (χ4v) is 3.44. The number of nitrogens with zero attached hydrogens (tertiary/aromatic N) is 5. The van der Waals surface area contributed by atoms with Crippen LogP contribution in [0.2, 0.25) is 0 Å². The molecule has 1 aliphatic rings. The van der Waals surface area contributed by atoms with Gasteiger partial charge in [0, 0.05) is 37.4 Å². The molecule has 1 fully saturated rings. The Morgan fingerprint density at radius 3 is 3.04 bits per heavy atom. The van der Waals surface area contributed by atoms with Crippen LogP contribution in [0.3, 0.4) is 0 Å². The Hall–Kier alpha value is -2.52. The monoisotopic (exact) mass is 342 g/mol. The largest absolute Gasteiger partial charge is 0.379 e. The van der Waals surface area contributed by atoms with Crippen LogP contribution in [0.15, 0.2) is 17.0 Å². The summed E-state index contributed by atoms with van der Waals surface area (Å²) in [5.41, 5.74) is 9.28. The van der Waals surface area contributed by atoms with Crippen molar-refractivity contribution in [1.29, 1.82) is 0 Å². The molecule has 0 saturated carbocycles. The third-order valence-corrected chi connectivity index (χ3v) is 4.64. The van der Waals surface area contributed by atoms with E-state index in [0.29, 0.717) is 17.6 Å². The second-order valence-electron chi connectivity index (χ2n) is 6.27. The number of nitrogen functional groups attached to an aromatic ring is 1. The number of rotatable bonds is 6. The number of nitrogens with one attached hydrogen (secondary N) is 2. The third kappa shape index (κ3) is 2.96. The van der Waals surface area contributed by atoms with Crippen LogP contribution in [-0.2, 0) is 13.1 Å². The van der Waals surface area contributed by atoms with E-state index in [4.69, 9.17) is 10.4 Å². The molecule has 3 aromatic heterocycles. The van der Waals surface area contributed by atoms with Gasteiger partial charge in [-0.3, -0.25) is 4.98 Å². The van der Waals surface area contributed by atoms with E-state index >= 15 is 0 Å². The predicted octanol–water partition coefficient (Wildman–Crippen LogP) is 0.925. The molecular formula is C16H22N8O. The highest BCUT2D eigenvalue weighted by Crippen LogP contribution is 2.28. The van der Waals surface area contributed by atoms with Gasteiger partial charge in [0.05, 0.1) is 11.7 Å². The number of hydrogen-bond donors (Lipinski definition) is 3. The second kappa shape index (κ2) is 6.77. The average Bonchev–Trinajstić information content (AvgIpc) is 3.33. The molecule has 1 aliphatic heterocycles. The van der Waals surface area contributed by atoms with Gasteiger partial charge in [-0.15, -0.1) is 0 Å². The number of hydrogen-bond acceptors (Lipinski definition) is 8. The molecule has 1 atom stereocenters. The van der Waals surface area contributed by atoms with E-state index in [9.17, 15) is 0 Å². The number of anilines is 1. The van der Waals surface area contributed by atoms with Gasteiger partial charge in [-0.2, -0.15) is 0 Å². The van der Waals surface area contributed by atoms with Crippen molar-refractivity contribution >= 4 is 16.9 Å². The summed E-state index contributed by atoms with van der Waals surface area (Å²) in [6.45, 7) is 5.60. The Balaban J connectivity index is 1.65. The van der Waals surface area contributed by atoms with Crippen LogP contribution >= 0.6 is 0 Å². The van der Waals surface area contributed by atoms with Gasteiger partial charge >= 0.3 is 0 Å². The van der Waals surface area contributed by atoms with E-state index in [1.807, 2.05) is 6.20 Å². The summed E-state index contributed by atoms with van der Waals surface area (Å²) >= 11 is 0. The first-order valence-electron chi connectivity index (χ1n) is 8.63. The maximum atomic E-state index is 5.85. The SMILES string of the molecule is CCn1c(-c2nonc2N)nc2cncc(CNC[C@@H]3CCCN3)c21. The van der Waals surface area contributed by atoms with Gasteiger partial charge in [0.2, 0.25) is 0 Å². The molecule has 0 spiro atoms. The Morgan fingerprint density at radius 1 is 1.40 bits per heavy atom. The minimum atomic E-state index is 0.241. The van der Waals surface area contributed by atoms with Crippen molar-refractivity contribution in [2.24, 2.45) is 0 Å². The van der Waals surface area contributed by atoms with Crippen molar-refractivity contribution in [3.63, 3.8) is 0 Å². The Kier molecular flexibility index (Phi) is 4.33. The molecule has 25 heavy (non-hydrogen) atoms. The summed E-state index contributed by atoms with van der Waals surface area (Å²) in [4.78, 5) is 8.98. The van der Waals surface area contributed by atoms with Crippen LogP contribution in [0.25, 0.3) is 22.6 Å². The number of fused-ring (bicyclic) bond motifs is 1. The van der Waals surface area contributed by atoms with Crippen LogP contribution in [0, 0.1) is 0 Å². The average molecular weight is 342 g/mol. The Labute approximate surface area is 145 Å². The van der Waals surface area contributed by atoms with E-state index in [-0.39, 0.29) is 5.82 Å². The molecule has 0 aliphatic carbocycles. The molecule has 0 radical (unpaired) electrons. The van der Waals surface area contributed by atoms with E-state index in [1.165, 1.54) is 12.8 Å². The van der Waals surface area contributed by atoms with Gasteiger partial charge in [-0.1, -0.05) is 0 Å². The number of imidazole rings is 1. The summed E-state index contributed by atoms with van der Waals surface area (Å²) < 4.78 is 6.82. The molecule has 9 heteroatoms. The summed E-state index contributed by atoms with van der Waals surface area (Å²) in [5, 5.41) is 14.6. The maximum Gasteiger partial charge on any atom is 0.199 e. The van der Waals surface area contributed by atoms with E-state index in [1.54, 1.807) is 6.20 Å². The molecule has 4 N–H and O–H groups in total. The second-order valence-corrected chi connectivity index (χ2v) is 6.27. The summed E-state index contributed by atoms with van der Waals surface area (Å²) in [6, 6.07) is 0.555. The van der Waals surface area contributed by atoms with Crippen LogP contribution in [0.4, 0.5) is 5.82 Å². The van der Waals surface area contributed by atoms with Crippen molar-refractivity contribution in [2.45, 2.75) is 38.9 Å². The highest BCUT2D eigenvalue weighted by Gasteiger charge is 2.20. The van der Waals surface area contributed by atoms with Crippen molar-refractivity contribution in [2.75, 3.05) is 18.8 Å². The van der Waals surface area contributed by atoms with Crippen molar-refractivity contribution in [1.82, 2.24) is 35.5 Å². The number of pyridine rings is 1. The zero-order chi connectivity index (χ0) is 17.2. The topological polar surface area (TPSA) is 120 Å². The van der Waals surface area contributed by atoms with Crippen LogP contribution in [0.1, 0.15) is 25.3 Å². The smallest absolute Gasteiger partial charge is 0.199 e. The normalized spacial score (nSPS) is 17.6. The molecule has 0 amide bonds. The highest BCUT2D eigenvalue weighted by atomic mass is 16.6. The molecular weight excluding hydrogens is 320 g/mol. The molecule has 1 saturated heterocycles. The van der Waals surface area contributed by atoms with Gasteiger partial charge in [0.25, 0.3) is 0 Å². The number of aryl methyl sites for hydroxylation is 1. The first-order valence-corrected chi connectivity index (χ1v) is 8.63. The lowest BCUT2D eigenvalue weighted by molar-refractivity contribution is 0.310.